The number of rotatable bonds is 3. The lowest BCUT2D eigenvalue weighted by Gasteiger charge is -2.40. The highest BCUT2D eigenvalue weighted by atomic mass is 32.2. The zero-order chi connectivity index (χ0) is 11.4. The first-order valence-corrected chi connectivity index (χ1v) is 5.77. The fraction of sp³-hybridized carbons (Fsp3) is 0.889. The molecule has 2 unspecified atom stereocenters. The van der Waals surface area contributed by atoms with Crippen molar-refractivity contribution in [2.24, 2.45) is 5.92 Å². The molecule has 1 aliphatic heterocycles. The molecule has 1 saturated heterocycles. The van der Waals surface area contributed by atoms with Gasteiger partial charge in [-0.05, 0) is 0 Å². The molecule has 15 heavy (non-hydrogen) atoms. The zero-order valence-electron chi connectivity index (χ0n) is 8.41. The van der Waals surface area contributed by atoms with Crippen molar-refractivity contribution in [1.82, 2.24) is 0 Å². The van der Waals surface area contributed by atoms with E-state index in [0.29, 0.717) is 0 Å². The van der Waals surface area contributed by atoms with E-state index in [1.165, 1.54) is 11.8 Å². The number of aliphatic hydroxyl groups excluding tert-OH is 3. The van der Waals surface area contributed by atoms with Gasteiger partial charge in [-0.1, -0.05) is 6.92 Å². The Labute approximate surface area is 92.7 Å². The highest BCUT2D eigenvalue weighted by Crippen LogP contribution is 2.32. The third kappa shape index (κ3) is 2.83. The van der Waals surface area contributed by atoms with Crippen molar-refractivity contribution in [3.63, 3.8) is 0 Å². The second-order valence-corrected chi connectivity index (χ2v) is 4.62. The first-order valence-electron chi connectivity index (χ1n) is 4.72. The molecule has 0 spiro atoms. The maximum absolute atomic E-state index is 9.68. The van der Waals surface area contributed by atoms with E-state index < -0.39 is 18.3 Å². The Morgan fingerprint density at radius 2 is 2.07 bits per heavy atom. The lowest BCUT2D eigenvalue weighted by atomic mass is 9.94. The molecule has 0 amide bonds. The van der Waals surface area contributed by atoms with Gasteiger partial charge in [0.25, 0.3) is 0 Å². The lowest BCUT2D eigenvalue weighted by molar-refractivity contribution is -0.181. The maximum atomic E-state index is 9.68. The van der Waals surface area contributed by atoms with Gasteiger partial charge in [0, 0.05) is 5.92 Å². The van der Waals surface area contributed by atoms with Crippen molar-refractivity contribution in [2.75, 3.05) is 12.4 Å². The minimum atomic E-state index is -1.07. The summed E-state index contributed by atoms with van der Waals surface area (Å²) in [4.78, 5) is 0. The molecule has 0 aromatic carbocycles. The summed E-state index contributed by atoms with van der Waals surface area (Å²) in [5, 5.41) is 36.6. The van der Waals surface area contributed by atoms with Gasteiger partial charge in [-0.15, -0.1) is 11.8 Å². The predicted octanol–water partition coefficient (Wildman–Crippen LogP) is -0.682. The number of ether oxygens (including phenoxy) is 1. The average Bonchev–Trinajstić information content (AvgIpc) is 2.25. The van der Waals surface area contributed by atoms with Crippen molar-refractivity contribution in [1.29, 1.82) is 5.26 Å². The molecule has 3 N–H and O–H groups in total. The maximum Gasteiger partial charge on any atom is 0.110 e. The Kier molecular flexibility index (Phi) is 4.83. The summed E-state index contributed by atoms with van der Waals surface area (Å²) in [6.45, 7) is 1.41. The van der Waals surface area contributed by atoms with E-state index in [-0.39, 0.29) is 23.7 Å². The van der Waals surface area contributed by atoms with Crippen molar-refractivity contribution >= 4 is 11.8 Å². The van der Waals surface area contributed by atoms with Gasteiger partial charge in [0.2, 0.25) is 0 Å². The summed E-state index contributed by atoms with van der Waals surface area (Å²) in [6.07, 6.45) is -2.76. The van der Waals surface area contributed by atoms with Crippen LogP contribution in [-0.2, 0) is 4.74 Å². The van der Waals surface area contributed by atoms with E-state index in [1.807, 2.05) is 6.07 Å². The molecule has 1 aliphatic rings. The summed E-state index contributed by atoms with van der Waals surface area (Å²) in [6, 6.07) is 1.97. The molecule has 0 bridgehead atoms. The van der Waals surface area contributed by atoms with Crippen LogP contribution in [0.25, 0.3) is 0 Å². The molecule has 86 valence electrons. The Morgan fingerprint density at radius 1 is 1.40 bits per heavy atom. The van der Waals surface area contributed by atoms with E-state index in [0.717, 1.165) is 0 Å². The standard InChI is InChI=1S/C9H15NO4S/c1-5-7(12)8(13)6(4-11)14-9(5)15-3-2-10/h5-9,11-13H,3-4H2,1H3/t5?,6?,7-,8-,9+/m1/s1. The van der Waals surface area contributed by atoms with Crippen molar-refractivity contribution in [3.05, 3.63) is 0 Å². The second kappa shape index (κ2) is 5.68. The fourth-order valence-electron chi connectivity index (χ4n) is 1.53. The topological polar surface area (TPSA) is 93.7 Å². The quantitative estimate of drug-likeness (QED) is 0.598. The van der Waals surface area contributed by atoms with Crippen LogP contribution in [0.4, 0.5) is 0 Å². The first kappa shape index (κ1) is 12.7. The normalized spacial score (nSPS) is 41.1. The van der Waals surface area contributed by atoms with Gasteiger partial charge in [0.05, 0.1) is 24.5 Å². The van der Waals surface area contributed by atoms with Gasteiger partial charge in [-0.2, -0.15) is 5.26 Å². The minimum Gasteiger partial charge on any atom is -0.394 e. The molecule has 5 atom stereocenters. The molecule has 1 fully saturated rings. The van der Waals surface area contributed by atoms with Crippen LogP contribution in [0.3, 0.4) is 0 Å². The Bertz CT molecular complexity index is 243. The molecule has 5 nitrogen and oxygen atoms in total. The number of nitrogens with zero attached hydrogens (tertiary/aromatic N) is 1. The molecule has 0 aromatic heterocycles. The Balaban J connectivity index is 2.62. The van der Waals surface area contributed by atoms with E-state index in [4.69, 9.17) is 15.1 Å². The number of hydrogen-bond acceptors (Lipinski definition) is 6. The molecule has 0 aromatic rings. The number of nitriles is 1. The van der Waals surface area contributed by atoms with Crippen LogP contribution in [0.15, 0.2) is 0 Å². The fourth-order valence-corrected chi connectivity index (χ4v) is 2.45. The molecule has 1 heterocycles. The van der Waals surface area contributed by atoms with Gasteiger partial charge in [-0.3, -0.25) is 0 Å². The summed E-state index contributed by atoms with van der Waals surface area (Å²) >= 11 is 1.26. The van der Waals surface area contributed by atoms with E-state index in [1.54, 1.807) is 6.92 Å². The molecule has 0 saturated carbocycles. The number of hydrogen-bond donors (Lipinski definition) is 3. The smallest absolute Gasteiger partial charge is 0.110 e. The van der Waals surface area contributed by atoms with Crippen LogP contribution in [0.1, 0.15) is 6.92 Å². The van der Waals surface area contributed by atoms with Crippen LogP contribution < -0.4 is 0 Å². The third-order valence-corrected chi connectivity index (χ3v) is 3.66. The van der Waals surface area contributed by atoms with Gasteiger partial charge in [0.15, 0.2) is 0 Å². The van der Waals surface area contributed by atoms with E-state index in [9.17, 15) is 10.2 Å². The SMILES string of the molecule is CC1[C@@H](O)[C@H](O)C(CO)O[C@H]1SCC#N. The molecule has 0 aliphatic carbocycles. The van der Waals surface area contributed by atoms with Gasteiger partial charge in [-0.25, -0.2) is 0 Å². The molecular formula is C9H15NO4S. The van der Waals surface area contributed by atoms with Crippen LogP contribution in [-0.4, -0.2) is 51.4 Å². The first-order chi connectivity index (χ1) is 7.11. The van der Waals surface area contributed by atoms with Crippen molar-refractivity contribution in [3.8, 4) is 6.07 Å². The molecular weight excluding hydrogens is 218 g/mol. The monoisotopic (exact) mass is 233 g/mol. The van der Waals surface area contributed by atoms with Crippen LogP contribution in [0.2, 0.25) is 0 Å². The van der Waals surface area contributed by atoms with Gasteiger partial charge in [0.1, 0.15) is 17.6 Å². The summed E-state index contributed by atoms with van der Waals surface area (Å²) in [5.74, 6) is -0.00293. The van der Waals surface area contributed by atoms with Crippen molar-refractivity contribution in [2.45, 2.75) is 30.7 Å². The van der Waals surface area contributed by atoms with Gasteiger partial charge >= 0.3 is 0 Å². The molecule has 0 radical (unpaired) electrons. The highest BCUT2D eigenvalue weighted by Gasteiger charge is 2.41. The predicted molar refractivity (Wildman–Crippen MR) is 55.0 cm³/mol. The highest BCUT2D eigenvalue weighted by molar-refractivity contribution is 7.99. The van der Waals surface area contributed by atoms with Crippen molar-refractivity contribution < 1.29 is 20.1 Å². The van der Waals surface area contributed by atoms with Crippen LogP contribution >= 0.6 is 11.8 Å². The van der Waals surface area contributed by atoms with Gasteiger partial charge < -0.3 is 20.1 Å². The second-order valence-electron chi connectivity index (χ2n) is 3.53. The minimum absolute atomic E-state index is 0.260. The molecule has 1 rings (SSSR count). The Hall–Kier alpha value is -0.320. The number of thioether (sulfide) groups is 1. The number of aliphatic hydroxyl groups is 3. The lowest BCUT2D eigenvalue weighted by Crippen LogP contribution is -2.53. The Morgan fingerprint density at radius 3 is 2.60 bits per heavy atom. The van der Waals surface area contributed by atoms with E-state index >= 15 is 0 Å². The van der Waals surface area contributed by atoms with Crippen LogP contribution in [0, 0.1) is 17.2 Å². The van der Waals surface area contributed by atoms with E-state index in [2.05, 4.69) is 0 Å². The summed E-state index contributed by atoms with van der Waals surface area (Å²) in [5.41, 5.74) is -0.361. The summed E-state index contributed by atoms with van der Waals surface area (Å²) < 4.78 is 5.38. The largest absolute Gasteiger partial charge is 0.394 e. The molecule has 6 heteroatoms. The average molecular weight is 233 g/mol. The third-order valence-electron chi connectivity index (χ3n) is 2.50. The zero-order valence-corrected chi connectivity index (χ0v) is 9.22. The summed E-state index contributed by atoms with van der Waals surface area (Å²) in [7, 11) is 0. The van der Waals surface area contributed by atoms with Crippen LogP contribution in [0.5, 0.6) is 0 Å².